The Kier molecular flexibility index (Phi) is 4.07. The fraction of sp³-hybridized carbons (Fsp3) is 0.810. The lowest BCUT2D eigenvalue weighted by atomic mass is 9.57. The van der Waals surface area contributed by atoms with Crippen LogP contribution in [-0.4, -0.2) is 30.7 Å². The van der Waals surface area contributed by atoms with E-state index in [2.05, 4.69) is 5.92 Å². The van der Waals surface area contributed by atoms with Gasteiger partial charge >= 0.3 is 0 Å². The van der Waals surface area contributed by atoms with Crippen LogP contribution in [0.5, 0.6) is 0 Å². The van der Waals surface area contributed by atoms with Gasteiger partial charge in [-0.15, -0.1) is 6.42 Å². The van der Waals surface area contributed by atoms with E-state index >= 15 is 0 Å². The smallest absolute Gasteiger partial charge is 0.171 e. The molecule has 4 aliphatic rings. The molecule has 1 N–H and O–H groups in total. The number of hydrogen-bond donors (Lipinski definition) is 1. The van der Waals surface area contributed by atoms with Crippen molar-refractivity contribution in [3.63, 3.8) is 0 Å². The summed E-state index contributed by atoms with van der Waals surface area (Å²) in [5.74, 6) is 4.71. The summed E-state index contributed by atoms with van der Waals surface area (Å²) in [6.07, 6.45) is 15.3. The van der Waals surface area contributed by atoms with Crippen molar-refractivity contribution >= 4 is 0 Å². The molecule has 0 aromatic carbocycles. The summed E-state index contributed by atoms with van der Waals surface area (Å²) in [6.45, 7) is 0. The van der Waals surface area contributed by atoms with Gasteiger partial charge in [0.15, 0.2) is 5.79 Å². The minimum absolute atomic E-state index is 0.325. The lowest BCUT2D eigenvalue weighted by Gasteiger charge is -2.49. The van der Waals surface area contributed by atoms with Crippen molar-refractivity contribution in [2.45, 2.75) is 69.2 Å². The Balaban J connectivity index is 1.58. The highest BCUT2D eigenvalue weighted by atomic mass is 16.7. The number of aliphatic hydroxyl groups is 1. The molecule has 0 radical (unpaired) electrons. The average molecular weight is 330 g/mol. The standard InChI is InChI=1S/C21H30O3/c1-4-20(22)11-9-18-17-6-5-14-13-21(23-2,24-3)12-10-15(14)16(17)7-8-19(18)20/h1,16-19,22H,5-13H2,2-3H3/t16-,17-,18+,19+,20+/m1/s1. The highest BCUT2D eigenvalue weighted by Gasteiger charge is 2.54. The predicted octanol–water partition coefficient (Wildman–Crippen LogP) is 3.67. The molecule has 2 saturated carbocycles. The molecule has 0 saturated heterocycles. The second kappa shape index (κ2) is 5.87. The van der Waals surface area contributed by atoms with Crippen molar-refractivity contribution in [2.75, 3.05) is 14.2 Å². The minimum atomic E-state index is -0.835. The molecule has 0 spiro atoms. The van der Waals surface area contributed by atoms with E-state index in [0.29, 0.717) is 17.8 Å². The third kappa shape index (κ3) is 2.30. The van der Waals surface area contributed by atoms with E-state index < -0.39 is 11.4 Å². The highest BCUT2D eigenvalue weighted by molar-refractivity contribution is 5.29. The van der Waals surface area contributed by atoms with Gasteiger partial charge in [-0.3, -0.25) is 0 Å². The van der Waals surface area contributed by atoms with Gasteiger partial charge in [-0.1, -0.05) is 17.1 Å². The summed E-state index contributed by atoms with van der Waals surface area (Å²) in [5.41, 5.74) is 2.46. The van der Waals surface area contributed by atoms with Crippen LogP contribution in [0, 0.1) is 36.0 Å². The summed E-state index contributed by atoms with van der Waals surface area (Å²) in [6, 6.07) is 0. The Bertz CT molecular complexity index is 582. The zero-order chi connectivity index (χ0) is 16.9. The normalized spacial score (nSPS) is 43.6. The van der Waals surface area contributed by atoms with Crippen molar-refractivity contribution in [1.82, 2.24) is 0 Å². The number of hydrogen-bond acceptors (Lipinski definition) is 3. The summed E-state index contributed by atoms with van der Waals surface area (Å²) >= 11 is 0. The van der Waals surface area contributed by atoms with E-state index in [9.17, 15) is 5.11 Å². The van der Waals surface area contributed by atoms with Gasteiger partial charge in [-0.2, -0.15) is 0 Å². The number of allylic oxidation sites excluding steroid dienone is 1. The van der Waals surface area contributed by atoms with Crippen molar-refractivity contribution in [1.29, 1.82) is 0 Å². The van der Waals surface area contributed by atoms with E-state index in [1.165, 1.54) is 19.3 Å². The van der Waals surface area contributed by atoms with E-state index in [1.54, 1.807) is 25.4 Å². The molecule has 0 aromatic heterocycles. The van der Waals surface area contributed by atoms with Crippen LogP contribution in [0.15, 0.2) is 11.1 Å². The molecule has 0 heterocycles. The van der Waals surface area contributed by atoms with Crippen molar-refractivity contribution in [3.05, 3.63) is 11.1 Å². The lowest BCUT2D eigenvalue weighted by Crippen LogP contribution is -2.45. The maximum absolute atomic E-state index is 10.8. The Hall–Kier alpha value is -0.820. The molecule has 132 valence electrons. The molecule has 0 aromatic rings. The third-order valence-corrected chi connectivity index (χ3v) is 7.78. The molecular weight excluding hydrogens is 300 g/mol. The maximum Gasteiger partial charge on any atom is 0.171 e. The quantitative estimate of drug-likeness (QED) is 0.477. The monoisotopic (exact) mass is 330 g/mol. The van der Waals surface area contributed by atoms with Gasteiger partial charge in [-0.25, -0.2) is 0 Å². The lowest BCUT2D eigenvalue weighted by molar-refractivity contribution is -0.213. The van der Waals surface area contributed by atoms with E-state index in [4.69, 9.17) is 15.9 Å². The number of rotatable bonds is 2. The Morgan fingerprint density at radius 2 is 1.83 bits per heavy atom. The van der Waals surface area contributed by atoms with Crippen LogP contribution in [-0.2, 0) is 9.47 Å². The predicted molar refractivity (Wildman–Crippen MR) is 93.1 cm³/mol. The first kappa shape index (κ1) is 16.6. The van der Waals surface area contributed by atoms with Crippen molar-refractivity contribution in [3.8, 4) is 12.3 Å². The molecular formula is C21H30O3. The van der Waals surface area contributed by atoms with E-state index in [1.807, 2.05) is 0 Å². The SMILES string of the molecule is C#C[C@]1(O)CC[C@H]2[C@@H]3CCC4=C(CCC(OC)(OC)C4)[C@H]3CC[C@@H]21. The largest absolute Gasteiger partial charge is 0.377 e. The molecule has 24 heavy (non-hydrogen) atoms. The van der Waals surface area contributed by atoms with Crippen LogP contribution in [0.4, 0.5) is 0 Å². The molecule has 4 aliphatic carbocycles. The van der Waals surface area contributed by atoms with Gasteiger partial charge in [0.25, 0.3) is 0 Å². The van der Waals surface area contributed by atoms with Crippen LogP contribution >= 0.6 is 0 Å². The third-order valence-electron chi connectivity index (χ3n) is 7.78. The van der Waals surface area contributed by atoms with Crippen molar-refractivity contribution < 1.29 is 14.6 Å². The Morgan fingerprint density at radius 1 is 1.04 bits per heavy atom. The van der Waals surface area contributed by atoms with Gasteiger partial charge in [0, 0.05) is 33.0 Å². The first-order chi connectivity index (χ1) is 11.6. The average Bonchev–Trinajstić information content (AvgIpc) is 2.98. The number of fused-ring (bicyclic) bond motifs is 4. The van der Waals surface area contributed by atoms with E-state index in [0.717, 1.165) is 44.4 Å². The number of ether oxygens (including phenoxy) is 2. The van der Waals surface area contributed by atoms with E-state index in [-0.39, 0.29) is 0 Å². The van der Waals surface area contributed by atoms with Crippen LogP contribution < -0.4 is 0 Å². The van der Waals surface area contributed by atoms with Crippen LogP contribution in [0.1, 0.15) is 57.8 Å². The minimum Gasteiger partial charge on any atom is -0.377 e. The van der Waals surface area contributed by atoms with Gasteiger partial charge in [0.2, 0.25) is 0 Å². The second-order valence-corrected chi connectivity index (χ2v) is 8.39. The molecule has 0 aliphatic heterocycles. The van der Waals surface area contributed by atoms with Crippen LogP contribution in [0.3, 0.4) is 0 Å². The van der Waals surface area contributed by atoms with Gasteiger partial charge in [0.1, 0.15) is 5.60 Å². The van der Waals surface area contributed by atoms with Crippen molar-refractivity contribution in [2.24, 2.45) is 23.7 Å². The van der Waals surface area contributed by atoms with Gasteiger partial charge < -0.3 is 14.6 Å². The Morgan fingerprint density at radius 3 is 2.54 bits per heavy atom. The molecule has 0 unspecified atom stereocenters. The maximum atomic E-state index is 10.8. The number of terminal acetylenes is 1. The first-order valence-electron chi connectivity index (χ1n) is 9.57. The van der Waals surface area contributed by atoms with Gasteiger partial charge in [-0.05, 0) is 62.7 Å². The summed E-state index contributed by atoms with van der Waals surface area (Å²) < 4.78 is 11.4. The molecule has 0 bridgehead atoms. The molecule has 3 heteroatoms. The summed E-state index contributed by atoms with van der Waals surface area (Å²) in [7, 11) is 3.54. The number of methoxy groups -OCH3 is 2. The van der Waals surface area contributed by atoms with Gasteiger partial charge in [0.05, 0.1) is 0 Å². The first-order valence-corrected chi connectivity index (χ1v) is 9.57. The molecule has 5 atom stereocenters. The summed E-state index contributed by atoms with van der Waals surface area (Å²) in [4.78, 5) is 0. The second-order valence-electron chi connectivity index (χ2n) is 8.39. The Labute approximate surface area is 145 Å². The van der Waals surface area contributed by atoms with Crippen LogP contribution in [0.25, 0.3) is 0 Å². The fourth-order valence-corrected chi connectivity index (χ4v) is 6.49. The molecule has 4 rings (SSSR count). The summed E-state index contributed by atoms with van der Waals surface area (Å²) in [5, 5.41) is 10.8. The topological polar surface area (TPSA) is 38.7 Å². The molecule has 2 fully saturated rings. The zero-order valence-corrected chi connectivity index (χ0v) is 15.0. The molecule has 0 amide bonds. The van der Waals surface area contributed by atoms with Crippen LogP contribution in [0.2, 0.25) is 0 Å². The zero-order valence-electron chi connectivity index (χ0n) is 15.0. The fourth-order valence-electron chi connectivity index (χ4n) is 6.49. The highest BCUT2D eigenvalue weighted by Crippen LogP contribution is 2.59. The molecule has 3 nitrogen and oxygen atoms in total.